The number of rotatable bonds is 4. The number of halogens is 2. The molecule has 0 unspecified atom stereocenters. The predicted octanol–water partition coefficient (Wildman–Crippen LogP) is 6.29. The average Bonchev–Trinajstić information content (AvgIpc) is 3.35. The highest BCUT2D eigenvalue weighted by Crippen LogP contribution is 2.40. The van der Waals surface area contributed by atoms with Gasteiger partial charge in [0, 0.05) is 24.3 Å². The van der Waals surface area contributed by atoms with Crippen LogP contribution in [-0.2, 0) is 11.3 Å². The predicted molar refractivity (Wildman–Crippen MR) is 138 cm³/mol. The number of hydrogen-bond donors (Lipinski definition) is 0. The van der Waals surface area contributed by atoms with Gasteiger partial charge in [0.2, 0.25) is 0 Å². The van der Waals surface area contributed by atoms with Crippen LogP contribution in [0.2, 0.25) is 5.15 Å². The van der Waals surface area contributed by atoms with Gasteiger partial charge in [-0.05, 0) is 79.6 Å². The molecule has 0 saturated carbocycles. The summed E-state index contributed by atoms with van der Waals surface area (Å²) in [6.07, 6.45) is 3.38. The summed E-state index contributed by atoms with van der Waals surface area (Å²) in [5, 5.41) is 0.361. The Morgan fingerprint density at radius 1 is 0.972 bits per heavy atom. The first kappa shape index (κ1) is 23.7. The molecule has 36 heavy (non-hydrogen) atoms. The van der Waals surface area contributed by atoms with Crippen LogP contribution < -0.4 is 9.47 Å². The van der Waals surface area contributed by atoms with E-state index >= 15 is 4.39 Å². The summed E-state index contributed by atoms with van der Waals surface area (Å²) in [6.45, 7) is 7.36. The lowest BCUT2D eigenvalue weighted by molar-refractivity contribution is 0.0773. The molecule has 7 heteroatoms. The molecule has 0 N–H and O–H groups in total. The normalized spacial score (nSPS) is 19.1. The van der Waals surface area contributed by atoms with Crippen LogP contribution in [0, 0.1) is 18.2 Å². The Morgan fingerprint density at radius 2 is 1.75 bits per heavy atom. The summed E-state index contributed by atoms with van der Waals surface area (Å²) < 4.78 is 32.5. The molecule has 2 fully saturated rings. The number of piperidine rings is 1. The molecule has 6 rings (SSSR count). The van der Waals surface area contributed by atoms with Crippen LogP contribution in [0.5, 0.6) is 11.5 Å². The molecule has 3 aromatic rings. The molecule has 2 aromatic carbocycles. The van der Waals surface area contributed by atoms with E-state index in [-0.39, 0.29) is 11.5 Å². The van der Waals surface area contributed by atoms with Gasteiger partial charge >= 0.3 is 0 Å². The Balaban J connectivity index is 1.25. The highest BCUT2D eigenvalue weighted by molar-refractivity contribution is 6.30. The smallest absolute Gasteiger partial charge is 0.161 e. The van der Waals surface area contributed by atoms with Crippen molar-refractivity contribution in [2.24, 2.45) is 5.41 Å². The maximum absolute atomic E-state index is 15.5. The lowest BCUT2D eigenvalue weighted by Crippen LogP contribution is -2.40. The summed E-state index contributed by atoms with van der Waals surface area (Å²) in [5.41, 5.74) is 4.99. The summed E-state index contributed by atoms with van der Waals surface area (Å²) >= 11 is 6.62. The molecule has 5 nitrogen and oxygen atoms in total. The van der Waals surface area contributed by atoms with Crippen LogP contribution >= 0.6 is 11.6 Å². The lowest BCUT2D eigenvalue weighted by atomic mass is 9.78. The molecule has 1 spiro atoms. The van der Waals surface area contributed by atoms with E-state index in [9.17, 15) is 0 Å². The van der Waals surface area contributed by atoms with Gasteiger partial charge in [-0.3, -0.25) is 4.90 Å². The third kappa shape index (κ3) is 4.47. The van der Waals surface area contributed by atoms with Crippen molar-refractivity contribution in [3.8, 4) is 33.9 Å². The van der Waals surface area contributed by atoms with Gasteiger partial charge in [-0.1, -0.05) is 35.9 Å². The molecule has 0 bridgehead atoms. The quantitative estimate of drug-likeness (QED) is 0.387. The van der Waals surface area contributed by atoms with Crippen LogP contribution in [0.15, 0.2) is 42.5 Å². The Morgan fingerprint density at radius 3 is 2.53 bits per heavy atom. The molecule has 4 heterocycles. The topological polar surface area (TPSA) is 43.8 Å². The maximum atomic E-state index is 15.5. The first-order valence-electron chi connectivity index (χ1n) is 12.7. The molecule has 0 aliphatic carbocycles. The fourth-order valence-corrected chi connectivity index (χ4v) is 5.89. The SMILES string of the molecule is Cc1c(-c2ccc3c(c2)OCCO3)cccc1-c1nc(Cl)c(CN2CCC3(CCOC3)CC2)cc1F. The number of likely N-dealkylation sites (tertiary alicyclic amines) is 1. The minimum Gasteiger partial charge on any atom is -0.486 e. The van der Waals surface area contributed by atoms with Crippen LogP contribution in [0.25, 0.3) is 22.4 Å². The van der Waals surface area contributed by atoms with E-state index in [0.717, 1.165) is 84.9 Å². The Kier molecular flexibility index (Phi) is 6.36. The highest BCUT2D eigenvalue weighted by atomic mass is 35.5. The Bertz CT molecular complexity index is 1280. The third-order valence-corrected chi connectivity index (χ3v) is 8.27. The number of pyridine rings is 1. The standard InChI is InChI=1S/C29H30ClFN2O3/c1-19-22(20-5-6-25-26(16-20)36-14-13-35-25)3-2-4-23(19)27-24(31)15-21(28(30)32-27)17-33-10-7-29(8-11-33)9-12-34-18-29/h2-6,15-16H,7-14,17-18H2,1H3. The van der Waals surface area contributed by atoms with Gasteiger partial charge in [0.1, 0.15) is 29.9 Å². The van der Waals surface area contributed by atoms with Crippen molar-refractivity contribution < 1.29 is 18.6 Å². The summed E-state index contributed by atoms with van der Waals surface area (Å²) in [6, 6.07) is 13.3. The van der Waals surface area contributed by atoms with Gasteiger partial charge in [-0.2, -0.15) is 0 Å². The minimum atomic E-state index is -0.352. The second kappa shape index (κ2) is 9.66. The van der Waals surface area contributed by atoms with Gasteiger partial charge < -0.3 is 14.2 Å². The van der Waals surface area contributed by atoms with Gasteiger partial charge in [0.25, 0.3) is 0 Å². The molecule has 2 saturated heterocycles. The number of nitrogens with zero attached hydrogens (tertiary/aromatic N) is 2. The van der Waals surface area contributed by atoms with Crippen molar-refractivity contribution in [2.45, 2.75) is 32.7 Å². The number of fused-ring (bicyclic) bond motifs is 1. The summed E-state index contributed by atoms with van der Waals surface area (Å²) in [7, 11) is 0. The van der Waals surface area contributed by atoms with Crippen LogP contribution in [0.1, 0.15) is 30.4 Å². The van der Waals surface area contributed by atoms with E-state index in [1.165, 1.54) is 0 Å². The van der Waals surface area contributed by atoms with E-state index in [0.29, 0.717) is 30.3 Å². The second-order valence-corrected chi connectivity index (χ2v) is 10.5. The average molecular weight is 509 g/mol. The molecular formula is C29H30ClFN2O3. The number of ether oxygens (including phenoxy) is 3. The van der Waals surface area contributed by atoms with Crippen molar-refractivity contribution >= 4 is 11.6 Å². The summed E-state index contributed by atoms with van der Waals surface area (Å²) in [4.78, 5) is 6.89. The van der Waals surface area contributed by atoms with Crippen LogP contribution in [0.3, 0.4) is 0 Å². The van der Waals surface area contributed by atoms with Crippen molar-refractivity contribution in [3.05, 3.63) is 64.6 Å². The monoisotopic (exact) mass is 508 g/mol. The zero-order valence-electron chi connectivity index (χ0n) is 20.5. The first-order valence-corrected chi connectivity index (χ1v) is 13.0. The molecule has 3 aliphatic heterocycles. The Labute approximate surface area is 216 Å². The summed E-state index contributed by atoms with van der Waals surface area (Å²) in [5.74, 6) is 1.12. The highest BCUT2D eigenvalue weighted by Gasteiger charge is 2.38. The minimum absolute atomic E-state index is 0.279. The first-order chi connectivity index (χ1) is 17.5. The number of hydrogen-bond acceptors (Lipinski definition) is 5. The molecule has 0 amide bonds. The largest absolute Gasteiger partial charge is 0.486 e. The van der Waals surface area contributed by atoms with E-state index in [1.807, 2.05) is 43.3 Å². The number of aromatic nitrogens is 1. The fourth-order valence-electron chi connectivity index (χ4n) is 5.69. The van der Waals surface area contributed by atoms with Crippen molar-refractivity contribution in [3.63, 3.8) is 0 Å². The van der Waals surface area contributed by atoms with E-state index in [1.54, 1.807) is 6.07 Å². The van der Waals surface area contributed by atoms with Crippen molar-refractivity contribution in [1.29, 1.82) is 0 Å². The molecule has 0 radical (unpaired) electrons. The molecule has 3 aliphatic rings. The van der Waals surface area contributed by atoms with Gasteiger partial charge in [0.15, 0.2) is 11.5 Å². The van der Waals surface area contributed by atoms with E-state index in [2.05, 4.69) is 9.88 Å². The maximum Gasteiger partial charge on any atom is 0.161 e. The molecule has 188 valence electrons. The van der Waals surface area contributed by atoms with Gasteiger partial charge in [-0.15, -0.1) is 0 Å². The van der Waals surface area contributed by atoms with Gasteiger partial charge in [-0.25, -0.2) is 9.37 Å². The van der Waals surface area contributed by atoms with Crippen LogP contribution in [0.4, 0.5) is 4.39 Å². The zero-order chi connectivity index (χ0) is 24.7. The second-order valence-electron chi connectivity index (χ2n) is 10.2. The zero-order valence-corrected chi connectivity index (χ0v) is 21.2. The van der Waals surface area contributed by atoms with Crippen molar-refractivity contribution in [2.75, 3.05) is 39.5 Å². The lowest BCUT2D eigenvalue weighted by Gasteiger charge is -2.38. The van der Waals surface area contributed by atoms with Gasteiger partial charge in [0.05, 0.1) is 6.61 Å². The fraction of sp³-hybridized carbons (Fsp3) is 0.414. The van der Waals surface area contributed by atoms with E-state index < -0.39 is 0 Å². The van der Waals surface area contributed by atoms with E-state index in [4.69, 9.17) is 25.8 Å². The Hall–Kier alpha value is -2.67. The molecule has 1 aromatic heterocycles. The number of benzene rings is 2. The third-order valence-electron chi connectivity index (χ3n) is 7.94. The molecule has 0 atom stereocenters. The van der Waals surface area contributed by atoms with Crippen molar-refractivity contribution in [1.82, 2.24) is 9.88 Å². The molecular weight excluding hydrogens is 479 g/mol. The van der Waals surface area contributed by atoms with Crippen LogP contribution in [-0.4, -0.2) is 49.4 Å².